The molecule has 4 saturated carbocycles. The van der Waals surface area contributed by atoms with E-state index in [0.29, 0.717) is 25.1 Å². The van der Waals surface area contributed by atoms with E-state index in [2.05, 4.69) is 21.6 Å². The minimum Gasteiger partial charge on any atom is -0.444 e. The van der Waals surface area contributed by atoms with Crippen LogP contribution in [0.25, 0.3) is 0 Å². The number of imide groups is 1. The van der Waals surface area contributed by atoms with Crippen LogP contribution >= 0.6 is 0 Å². The molecule has 0 aromatic heterocycles. The second-order valence-corrected chi connectivity index (χ2v) is 13.2. The lowest BCUT2D eigenvalue weighted by atomic mass is 9.38. The third-order valence-corrected chi connectivity index (χ3v) is 9.00. The summed E-state index contributed by atoms with van der Waals surface area (Å²) in [4.78, 5) is 54.0. The molecule has 1 unspecified atom stereocenters. The molecule has 4 aliphatic carbocycles. The molecule has 7 rings (SSSR count). The Bertz CT molecular complexity index is 1180. The van der Waals surface area contributed by atoms with E-state index in [4.69, 9.17) is 4.74 Å². The van der Waals surface area contributed by atoms with E-state index in [1.54, 1.807) is 4.90 Å². The molecule has 2 heterocycles. The number of carbonyl (C=O) groups is 4. The summed E-state index contributed by atoms with van der Waals surface area (Å²) in [6.07, 6.45) is 6.99. The van der Waals surface area contributed by atoms with Gasteiger partial charge in [0.2, 0.25) is 11.8 Å². The van der Waals surface area contributed by atoms with Crippen LogP contribution in [-0.2, 0) is 20.9 Å². The van der Waals surface area contributed by atoms with E-state index in [-0.39, 0.29) is 41.2 Å². The van der Waals surface area contributed by atoms with Gasteiger partial charge in [-0.2, -0.15) is 0 Å². The van der Waals surface area contributed by atoms with Crippen molar-refractivity contribution in [3.63, 3.8) is 0 Å². The van der Waals surface area contributed by atoms with Crippen LogP contribution in [0.1, 0.15) is 88.1 Å². The van der Waals surface area contributed by atoms with Crippen molar-refractivity contribution in [3.05, 3.63) is 29.3 Å². The number of ether oxygens (including phenoxy) is 1. The number of nitrogens with one attached hydrogen (secondary N) is 2. The van der Waals surface area contributed by atoms with Gasteiger partial charge in [0.1, 0.15) is 11.6 Å². The molecule has 0 radical (unpaired) electrons. The summed E-state index contributed by atoms with van der Waals surface area (Å²) in [6, 6.07) is 5.33. The van der Waals surface area contributed by atoms with E-state index >= 15 is 0 Å². The second-order valence-electron chi connectivity index (χ2n) is 13.2. The van der Waals surface area contributed by atoms with Crippen LogP contribution in [0, 0.1) is 11.3 Å². The molecule has 9 nitrogen and oxygen atoms in total. The molecule has 6 aliphatic rings. The SMILES string of the molecule is CC(C)(C)OC(=O)NCC12CC(N(CCC3CC3)c3cccc4c3CN(C3CCC(=O)NC3=O)C4=O)(C1)C2. The number of anilines is 1. The highest BCUT2D eigenvalue weighted by molar-refractivity contribution is 6.06. The molecule has 38 heavy (non-hydrogen) atoms. The molecule has 2 aliphatic heterocycles. The van der Waals surface area contributed by atoms with Crippen molar-refractivity contribution < 1.29 is 23.9 Å². The number of benzene rings is 1. The molecule has 5 fully saturated rings. The molecule has 0 spiro atoms. The summed E-state index contributed by atoms with van der Waals surface area (Å²) >= 11 is 0. The van der Waals surface area contributed by atoms with Gasteiger partial charge in [-0.1, -0.05) is 18.9 Å². The number of hydrogen-bond acceptors (Lipinski definition) is 6. The van der Waals surface area contributed by atoms with Crippen LogP contribution in [-0.4, -0.2) is 59.0 Å². The minimum atomic E-state index is -0.613. The maximum Gasteiger partial charge on any atom is 0.407 e. The quantitative estimate of drug-likeness (QED) is 0.506. The number of rotatable bonds is 8. The van der Waals surface area contributed by atoms with Gasteiger partial charge in [0.05, 0.1) is 0 Å². The maximum absolute atomic E-state index is 13.4. The zero-order chi connectivity index (χ0) is 26.9. The summed E-state index contributed by atoms with van der Waals surface area (Å²) in [7, 11) is 0. The van der Waals surface area contributed by atoms with Gasteiger partial charge in [0.15, 0.2) is 0 Å². The molecular formula is C29H38N4O5. The van der Waals surface area contributed by atoms with Gasteiger partial charge >= 0.3 is 6.09 Å². The van der Waals surface area contributed by atoms with Crippen LogP contribution in [0.4, 0.5) is 10.5 Å². The van der Waals surface area contributed by atoms with Crippen LogP contribution in [0.3, 0.4) is 0 Å². The fraction of sp³-hybridized carbons (Fsp3) is 0.655. The lowest BCUT2D eigenvalue weighted by Gasteiger charge is -2.74. The first-order valence-corrected chi connectivity index (χ1v) is 14.0. The first-order valence-electron chi connectivity index (χ1n) is 14.0. The van der Waals surface area contributed by atoms with Crippen LogP contribution in [0.5, 0.6) is 0 Å². The third kappa shape index (κ3) is 4.43. The number of hydrogen-bond donors (Lipinski definition) is 2. The second kappa shape index (κ2) is 8.71. The summed E-state index contributed by atoms with van der Waals surface area (Å²) in [5, 5.41) is 5.37. The third-order valence-electron chi connectivity index (χ3n) is 9.00. The summed E-state index contributed by atoms with van der Waals surface area (Å²) < 4.78 is 5.42. The fourth-order valence-corrected chi connectivity index (χ4v) is 7.14. The normalized spacial score (nSPS) is 29.7. The topological polar surface area (TPSA) is 108 Å². The van der Waals surface area contributed by atoms with E-state index in [1.807, 2.05) is 32.9 Å². The van der Waals surface area contributed by atoms with Gasteiger partial charge in [-0.15, -0.1) is 0 Å². The first-order chi connectivity index (χ1) is 18.0. The van der Waals surface area contributed by atoms with E-state index in [1.165, 1.54) is 12.8 Å². The number of amides is 4. The van der Waals surface area contributed by atoms with Gasteiger partial charge in [0, 0.05) is 48.4 Å². The molecule has 9 heteroatoms. The van der Waals surface area contributed by atoms with Gasteiger partial charge < -0.3 is 19.9 Å². The summed E-state index contributed by atoms with van der Waals surface area (Å²) in [5.74, 6) is -0.00502. The average Bonchev–Trinajstić information content (AvgIpc) is 3.55. The standard InChI is InChI=1S/C29H38N4O5/c1-27(2,3)38-26(37)30-17-28-14-29(15-28,16-28)33(12-11-18-7-8-18)21-6-4-5-19-20(21)13-32(25(19)36)22-9-10-23(34)31-24(22)35/h4-6,18,22H,7-17H2,1-3H3,(H,30,37)(H,31,34,35). The zero-order valence-electron chi connectivity index (χ0n) is 22.6. The number of alkyl carbamates (subject to hydrolysis) is 1. The largest absolute Gasteiger partial charge is 0.444 e. The highest BCUT2D eigenvalue weighted by Crippen LogP contribution is 2.70. The number of nitrogens with zero attached hydrogens (tertiary/aromatic N) is 2. The zero-order valence-corrected chi connectivity index (χ0v) is 22.6. The van der Waals surface area contributed by atoms with Crippen LogP contribution in [0.15, 0.2) is 18.2 Å². The van der Waals surface area contributed by atoms with Gasteiger partial charge in [-0.25, -0.2) is 4.79 Å². The van der Waals surface area contributed by atoms with Gasteiger partial charge in [0.25, 0.3) is 5.91 Å². The molecule has 2 bridgehead atoms. The van der Waals surface area contributed by atoms with E-state index in [0.717, 1.165) is 49.4 Å². The van der Waals surface area contributed by atoms with E-state index < -0.39 is 11.6 Å². The summed E-state index contributed by atoms with van der Waals surface area (Å²) in [5.41, 5.74) is 2.39. The Morgan fingerprint density at radius 2 is 1.89 bits per heavy atom. The predicted molar refractivity (Wildman–Crippen MR) is 140 cm³/mol. The molecular weight excluding hydrogens is 484 g/mol. The predicted octanol–water partition coefficient (Wildman–Crippen LogP) is 3.50. The Kier molecular flexibility index (Phi) is 5.78. The maximum atomic E-state index is 13.4. The smallest absolute Gasteiger partial charge is 0.407 e. The molecule has 2 N–H and O–H groups in total. The van der Waals surface area contributed by atoms with Crippen molar-refractivity contribution in [2.24, 2.45) is 11.3 Å². The van der Waals surface area contributed by atoms with Gasteiger partial charge in [-0.05, 0) is 76.3 Å². The van der Waals surface area contributed by atoms with Crippen LogP contribution < -0.4 is 15.5 Å². The van der Waals surface area contributed by atoms with Gasteiger partial charge in [-0.3, -0.25) is 19.7 Å². The number of carbonyl (C=O) groups excluding carboxylic acids is 4. The Balaban J connectivity index is 1.19. The highest BCUT2D eigenvalue weighted by Gasteiger charge is 2.70. The minimum absolute atomic E-state index is 0.0464. The average molecular weight is 523 g/mol. The Hall–Kier alpha value is -3.10. The molecule has 1 aromatic rings. The van der Waals surface area contributed by atoms with E-state index in [9.17, 15) is 19.2 Å². The van der Waals surface area contributed by atoms with Crippen molar-refractivity contribution in [2.45, 2.75) is 95.9 Å². The Morgan fingerprint density at radius 3 is 2.55 bits per heavy atom. The fourth-order valence-electron chi connectivity index (χ4n) is 7.14. The van der Waals surface area contributed by atoms with Crippen molar-refractivity contribution in [1.82, 2.24) is 15.5 Å². The molecule has 1 aromatic carbocycles. The van der Waals surface area contributed by atoms with Crippen molar-refractivity contribution in [3.8, 4) is 0 Å². The first kappa shape index (κ1) is 25.2. The summed E-state index contributed by atoms with van der Waals surface area (Å²) in [6.45, 7) is 7.55. The molecule has 204 valence electrons. The van der Waals surface area contributed by atoms with Crippen molar-refractivity contribution in [1.29, 1.82) is 0 Å². The number of piperidine rings is 1. The Labute approximate surface area is 223 Å². The molecule has 4 amide bonds. The molecule has 1 atom stereocenters. The monoisotopic (exact) mass is 522 g/mol. The van der Waals surface area contributed by atoms with Crippen molar-refractivity contribution >= 4 is 29.5 Å². The Morgan fingerprint density at radius 1 is 1.16 bits per heavy atom. The lowest BCUT2D eigenvalue weighted by Crippen LogP contribution is -2.77. The highest BCUT2D eigenvalue weighted by atomic mass is 16.6. The molecule has 1 saturated heterocycles. The number of fused-ring (bicyclic) bond motifs is 1. The van der Waals surface area contributed by atoms with Crippen LogP contribution in [0.2, 0.25) is 0 Å². The van der Waals surface area contributed by atoms with Crippen molar-refractivity contribution in [2.75, 3.05) is 18.0 Å². The lowest BCUT2D eigenvalue weighted by molar-refractivity contribution is -0.137.